The molecular weight excluding hydrogens is 196 g/mol. The molecule has 0 radical (unpaired) electrons. The highest BCUT2D eigenvalue weighted by molar-refractivity contribution is 5.49. The van der Waals surface area contributed by atoms with Crippen LogP contribution in [0.15, 0.2) is 24.3 Å². The average Bonchev–Trinajstić information content (AvgIpc) is 2.25. The summed E-state index contributed by atoms with van der Waals surface area (Å²) in [5.74, 6) is 0. The monoisotopic (exact) mass is 218 g/mol. The van der Waals surface area contributed by atoms with E-state index in [2.05, 4.69) is 61.9 Å². The lowest BCUT2D eigenvalue weighted by Gasteiger charge is -2.43. The molecule has 2 rings (SSSR count). The Kier molecular flexibility index (Phi) is 3.20. The Morgan fingerprint density at radius 3 is 2.31 bits per heavy atom. The van der Waals surface area contributed by atoms with Gasteiger partial charge in [-0.05, 0) is 45.5 Å². The Hall–Kier alpha value is -1.02. The van der Waals surface area contributed by atoms with E-state index in [0.29, 0.717) is 12.1 Å². The van der Waals surface area contributed by atoms with Gasteiger partial charge in [-0.25, -0.2) is 0 Å². The van der Waals surface area contributed by atoms with Crippen molar-refractivity contribution in [2.45, 2.75) is 32.9 Å². The highest BCUT2D eigenvalue weighted by atomic mass is 15.3. The third kappa shape index (κ3) is 2.22. The fourth-order valence-corrected chi connectivity index (χ4v) is 2.44. The summed E-state index contributed by atoms with van der Waals surface area (Å²) in [5.41, 5.74) is 2.71. The van der Waals surface area contributed by atoms with Crippen molar-refractivity contribution in [1.29, 1.82) is 0 Å². The first-order chi connectivity index (χ1) is 7.58. The summed E-state index contributed by atoms with van der Waals surface area (Å²) in [4.78, 5) is 4.97. The summed E-state index contributed by atoms with van der Waals surface area (Å²) in [6.45, 7) is 9.03. The summed E-state index contributed by atoms with van der Waals surface area (Å²) < 4.78 is 0. The minimum absolute atomic E-state index is 0.629. The second-order valence-corrected chi connectivity index (χ2v) is 5.11. The van der Waals surface area contributed by atoms with Crippen molar-refractivity contribution in [3.63, 3.8) is 0 Å². The van der Waals surface area contributed by atoms with E-state index in [4.69, 9.17) is 0 Å². The van der Waals surface area contributed by atoms with Crippen LogP contribution in [-0.4, -0.2) is 37.1 Å². The van der Waals surface area contributed by atoms with Crippen molar-refractivity contribution in [3.8, 4) is 0 Å². The van der Waals surface area contributed by atoms with Gasteiger partial charge in [-0.2, -0.15) is 0 Å². The third-order valence-electron chi connectivity index (χ3n) is 3.73. The Labute approximate surface area is 98.9 Å². The molecule has 0 unspecified atom stereocenters. The number of benzene rings is 1. The molecule has 2 atom stereocenters. The number of likely N-dealkylation sites (N-methyl/N-ethyl adjacent to an activating group) is 1. The summed E-state index contributed by atoms with van der Waals surface area (Å²) in [5, 5.41) is 0. The number of hydrogen-bond acceptors (Lipinski definition) is 2. The number of aryl methyl sites for hydroxylation is 1. The van der Waals surface area contributed by atoms with Crippen molar-refractivity contribution in [2.75, 3.05) is 25.0 Å². The van der Waals surface area contributed by atoms with Gasteiger partial charge < -0.3 is 4.90 Å². The fraction of sp³-hybridized carbons (Fsp3) is 0.571. The highest BCUT2D eigenvalue weighted by Gasteiger charge is 2.26. The van der Waals surface area contributed by atoms with E-state index in [0.717, 1.165) is 13.1 Å². The molecule has 1 aromatic carbocycles. The molecule has 2 nitrogen and oxygen atoms in total. The molecular formula is C14H22N2. The molecule has 16 heavy (non-hydrogen) atoms. The standard InChI is InChI=1S/C14H22N2/c1-11-6-5-7-14(8-11)16-9-12(2)15(4)13(3)10-16/h5-8,12-13H,9-10H2,1-4H3/t12-,13+. The van der Waals surface area contributed by atoms with E-state index in [1.807, 2.05) is 0 Å². The molecule has 1 aromatic rings. The van der Waals surface area contributed by atoms with Crippen molar-refractivity contribution >= 4 is 5.69 Å². The Morgan fingerprint density at radius 1 is 1.12 bits per heavy atom. The first-order valence-corrected chi connectivity index (χ1v) is 6.11. The minimum atomic E-state index is 0.629. The predicted molar refractivity (Wildman–Crippen MR) is 70.1 cm³/mol. The van der Waals surface area contributed by atoms with Gasteiger partial charge in [0.05, 0.1) is 0 Å². The van der Waals surface area contributed by atoms with Crippen LogP contribution in [0.4, 0.5) is 5.69 Å². The van der Waals surface area contributed by atoms with Gasteiger partial charge in [0, 0.05) is 30.9 Å². The van der Waals surface area contributed by atoms with Crippen LogP contribution in [0.1, 0.15) is 19.4 Å². The topological polar surface area (TPSA) is 6.48 Å². The third-order valence-corrected chi connectivity index (χ3v) is 3.73. The lowest BCUT2D eigenvalue weighted by molar-refractivity contribution is 0.170. The lowest BCUT2D eigenvalue weighted by Crippen LogP contribution is -2.55. The second kappa shape index (κ2) is 4.46. The first kappa shape index (κ1) is 11.5. The Balaban J connectivity index is 2.17. The number of nitrogens with zero attached hydrogens (tertiary/aromatic N) is 2. The van der Waals surface area contributed by atoms with E-state index < -0.39 is 0 Å². The van der Waals surface area contributed by atoms with Crippen molar-refractivity contribution in [1.82, 2.24) is 4.90 Å². The van der Waals surface area contributed by atoms with E-state index in [1.54, 1.807) is 0 Å². The summed E-state index contributed by atoms with van der Waals surface area (Å²) >= 11 is 0. The van der Waals surface area contributed by atoms with E-state index in [9.17, 15) is 0 Å². The molecule has 0 bridgehead atoms. The zero-order valence-corrected chi connectivity index (χ0v) is 10.8. The van der Waals surface area contributed by atoms with E-state index in [1.165, 1.54) is 11.3 Å². The number of anilines is 1. The van der Waals surface area contributed by atoms with E-state index in [-0.39, 0.29) is 0 Å². The Morgan fingerprint density at radius 2 is 1.75 bits per heavy atom. The van der Waals surface area contributed by atoms with Gasteiger partial charge in [-0.1, -0.05) is 12.1 Å². The van der Waals surface area contributed by atoms with Gasteiger partial charge >= 0.3 is 0 Å². The summed E-state index contributed by atoms with van der Waals surface area (Å²) in [6.07, 6.45) is 0. The zero-order valence-electron chi connectivity index (χ0n) is 10.8. The van der Waals surface area contributed by atoms with Crippen molar-refractivity contribution in [3.05, 3.63) is 29.8 Å². The number of piperazine rings is 1. The van der Waals surface area contributed by atoms with Crippen LogP contribution in [0, 0.1) is 6.92 Å². The van der Waals surface area contributed by atoms with Gasteiger partial charge in [0.2, 0.25) is 0 Å². The maximum absolute atomic E-state index is 2.50. The molecule has 88 valence electrons. The highest BCUT2D eigenvalue weighted by Crippen LogP contribution is 2.22. The van der Waals surface area contributed by atoms with Gasteiger partial charge in [0.25, 0.3) is 0 Å². The lowest BCUT2D eigenvalue weighted by atomic mass is 10.1. The second-order valence-electron chi connectivity index (χ2n) is 5.11. The minimum Gasteiger partial charge on any atom is -0.368 e. The number of rotatable bonds is 1. The van der Waals surface area contributed by atoms with Crippen LogP contribution in [0.3, 0.4) is 0 Å². The van der Waals surface area contributed by atoms with Gasteiger partial charge in [-0.15, -0.1) is 0 Å². The maximum Gasteiger partial charge on any atom is 0.0369 e. The molecule has 1 aliphatic rings. The molecule has 1 heterocycles. The van der Waals surface area contributed by atoms with Crippen molar-refractivity contribution < 1.29 is 0 Å². The molecule has 1 fully saturated rings. The average molecular weight is 218 g/mol. The molecule has 0 aromatic heterocycles. The van der Waals surface area contributed by atoms with Gasteiger partial charge in [0.1, 0.15) is 0 Å². The SMILES string of the molecule is Cc1cccc(N2C[C@@H](C)N(C)[C@@H](C)C2)c1. The smallest absolute Gasteiger partial charge is 0.0369 e. The fourth-order valence-electron chi connectivity index (χ4n) is 2.44. The predicted octanol–water partition coefficient (Wildman–Crippen LogP) is 2.52. The molecule has 0 saturated carbocycles. The molecule has 0 N–H and O–H groups in total. The zero-order chi connectivity index (χ0) is 11.7. The van der Waals surface area contributed by atoms with Crippen LogP contribution in [0.25, 0.3) is 0 Å². The quantitative estimate of drug-likeness (QED) is 0.714. The van der Waals surface area contributed by atoms with Crippen LogP contribution in [0.2, 0.25) is 0 Å². The molecule has 2 heteroatoms. The van der Waals surface area contributed by atoms with Gasteiger partial charge in [0.15, 0.2) is 0 Å². The van der Waals surface area contributed by atoms with Crippen LogP contribution < -0.4 is 4.90 Å². The van der Waals surface area contributed by atoms with Crippen LogP contribution >= 0.6 is 0 Å². The molecule has 0 spiro atoms. The number of hydrogen-bond donors (Lipinski definition) is 0. The van der Waals surface area contributed by atoms with Gasteiger partial charge in [-0.3, -0.25) is 4.90 Å². The molecule has 0 amide bonds. The molecule has 0 aliphatic carbocycles. The first-order valence-electron chi connectivity index (χ1n) is 6.11. The van der Waals surface area contributed by atoms with Crippen molar-refractivity contribution in [2.24, 2.45) is 0 Å². The molecule has 1 saturated heterocycles. The Bertz CT molecular complexity index is 350. The molecule has 1 aliphatic heterocycles. The summed E-state index contributed by atoms with van der Waals surface area (Å²) in [7, 11) is 2.23. The normalized spacial score (nSPS) is 27.1. The van der Waals surface area contributed by atoms with Crippen LogP contribution in [-0.2, 0) is 0 Å². The van der Waals surface area contributed by atoms with Crippen LogP contribution in [0.5, 0.6) is 0 Å². The summed E-state index contributed by atoms with van der Waals surface area (Å²) in [6, 6.07) is 10.1. The largest absolute Gasteiger partial charge is 0.368 e. The maximum atomic E-state index is 2.50. The van der Waals surface area contributed by atoms with E-state index >= 15 is 0 Å².